The summed E-state index contributed by atoms with van der Waals surface area (Å²) < 4.78 is 0. The number of piperazine rings is 1. The van der Waals surface area contributed by atoms with Gasteiger partial charge in [-0.15, -0.1) is 0 Å². The molecule has 4 nitrogen and oxygen atoms in total. The standard InChI is InChI=1S/C22H29N3O/c26-22-8-4-7-21(15-22)25-13-11-23(12-14-25)17-20-9-10-24(18-20)16-19-5-2-1-3-6-19/h1-8,15,20,26H,9-14,16-18H2. The molecule has 26 heavy (non-hydrogen) atoms. The molecule has 4 heteroatoms. The third-order valence-corrected chi connectivity index (χ3v) is 5.70. The molecular formula is C22H29N3O. The molecule has 0 amide bonds. The molecule has 0 aliphatic carbocycles. The molecule has 1 atom stereocenters. The van der Waals surface area contributed by atoms with E-state index < -0.39 is 0 Å². The molecule has 2 heterocycles. The third kappa shape index (κ3) is 4.37. The molecule has 138 valence electrons. The zero-order chi connectivity index (χ0) is 17.8. The first kappa shape index (κ1) is 17.4. The molecule has 0 spiro atoms. The van der Waals surface area contributed by atoms with Crippen LogP contribution in [0.5, 0.6) is 5.75 Å². The average Bonchev–Trinajstić information content (AvgIpc) is 3.10. The zero-order valence-corrected chi connectivity index (χ0v) is 15.4. The fraction of sp³-hybridized carbons (Fsp3) is 0.455. The van der Waals surface area contributed by atoms with E-state index in [0.717, 1.165) is 44.3 Å². The van der Waals surface area contributed by atoms with Crippen LogP contribution < -0.4 is 4.90 Å². The summed E-state index contributed by atoms with van der Waals surface area (Å²) in [6, 6.07) is 18.4. The van der Waals surface area contributed by atoms with Crippen molar-refractivity contribution in [2.45, 2.75) is 13.0 Å². The average molecular weight is 351 g/mol. The number of phenols is 1. The lowest BCUT2D eigenvalue weighted by atomic mass is 10.1. The van der Waals surface area contributed by atoms with Gasteiger partial charge in [-0.25, -0.2) is 0 Å². The number of likely N-dealkylation sites (tertiary alicyclic amines) is 1. The molecule has 0 aromatic heterocycles. The fourth-order valence-corrected chi connectivity index (χ4v) is 4.29. The minimum atomic E-state index is 0.356. The number of phenolic OH excluding ortho intramolecular Hbond substituents is 1. The summed E-state index contributed by atoms with van der Waals surface area (Å²) in [6.07, 6.45) is 1.32. The van der Waals surface area contributed by atoms with Gasteiger partial charge in [0.1, 0.15) is 5.75 Å². The Balaban J connectivity index is 1.22. The molecule has 4 rings (SSSR count). The van der Waals surface area contributed by atoms with Gasteiger partial charge in [0.25, 0.3) is 0 Å². The Morgan fingerprint density at radius 3 is 2.42 bits per heavy atom. The monoisotopic (exact) mass is 351 g/mol. The van der Waals surface area contributed by atoms with Crippen LogP contribution in [0.4, 0.5) is 5.69 Å². The normalized spacial score (nSPS) is 22.0. The lowest BCUT2D eigenvalue weighted by Gasteiger charge is -2.37. The molecule has 2 aliphatic heterocycles. The molecule has 1 N–H and O–H groups in total. The van der Waals surface area contributed by atoms with Crippen LogP contribution in [0.1, 0.15) is 12.0 Å². The van der Waals surface area contributed by atoms with E-state index in [4.69, 9.17) is 0 Å². The summed E-state index contributed by atoms with van der Waals surface area (Å²) in [7, 11) is 0. The highest BCUT2D eigenvalue weighted by Crippen LogP contribution is 2.23. The van der Waals surface area contributed by atoms with Crippen molar-refractivity contribution < 1.29 is 5.11 Å². The molecule has 0 bridgehead atoms. The van der Waals surface area contributed by atoms with Crippen LogP contribution >= 0.6 is 0 Å². The lowest BCUT2D eigenvalue weighted by molar-refractivity contribution is 0.214. The number of hydrogen-bond acceptors (Lipinski definition) is 4. The van der Waals surface area contributed by atoms with Crippen molar-refractivity contribution in [3.05, 3.63) is 60.2 Å². The van der Waals surface area contributed by atoms with E-state index in [9.17, 15) is 5.11 Å². The number of anilines is 1. The van der Waals surface area contributed by atoms with Gasteiger partial charge in [0.15, 0.2) is 0 Å². The van der Waals surface area contributed by atoms with E-state index >= 15 is 0 Å². The first-order valence-corrected chi connectivity index (χ1v) is 9.79. The predicted octanol–water partition coefficient (Wildman–Crippen LogP) is 3.04. The summed E-state index contributed by atoms with van der Waals surface area (Å²) in [5.41, 5.74) is 2.56. The highest BCUT2D eigenvalue weighted by atomic mass is 16.3. The molecular weight excluding hydrogens is 322 g/mol. The van der Waals surface area contributed by atoms with E-state index in [2.05, 4.69) is 51.1 Å². The van der Waals surface area contributed by atoms with Crippen LogP contribution in [0.25, 0.3) is 0 Å². The maximum atomic E-state index is 9.67. The zero-order valence-electron chi connectivity index (χ0n) is 15.4. The van der Waals surface area contributed by atoms with Crippen molar-refractivity contribution >= 4 is 5.69 Å². The van der Waals surface area contributed by atoms with Gasteiger partial charge in [-0.2, -0.15) is 0 Å². The Morgan fingerprint density at radius 2 is 1.65 bits per heavy atom. The SMILES string of the molecule is Oc1cccc(N2CCN(CC3CCN(Cc4ccccc4)C3)CC2)c1. The van der Waals surface area contributed by atoms with E-state index in [0.29, 0.717) is 5.75 Å². The molecule has 1 unspecified atom stereocenters. The van der Waals surface area contributed by atoms with Crippen LogP contribution in [-0.4, -0.2) is 60.7 Å². The predicted molar refractivity (Wildman–Crippen MR) is 107 cm³/mol. The van der Waals surface area contributed by atoms with E-state index in [-0.39, 0.29) is 0 Å². The van der Waals surface area contributed by atoms with Gasteiger partial charge in [0.2, 0.25) is 0 Å². The minimum absolute atomic E-state index is 0.356. The van der Waals surface area contributed by atoms with Crippen molar-refractivity contribution in [1.29, 1.82) is 0 Å². The van der Waals surface area contributed by atoms with Gasteiger partial charge in [0.05, 0.1) is 0 Å². The second-order valence-electron chi connectivity index (χ2n) is 7.68. The maximum absolute atomic E-state index is 9.67. The summed E-state index contributed by atoms with van der Waals surface area (Å²) in [4.78, 5) is 7.60. The van der Waals surface area contributed by atoms with Crippen molar-refractivity contribution in [3.8, 4) is 5.75 Å². The highest BCUT2D eigenvalue weighted by Gasteiger charge is 2.26. The Bertz CT molecular complexity index is 698. The fourth-order valence-electron chi connectivity index (χ4n) is 4.29. The third-order valence-electron chi connectivity index (χ3n) is 5.70. The molecule has 2 saturated heterocycles. The van der Waals surface area contributed by atoms with Gasteiger partial charge in [0, 0.05) is 57.6 Å². The maximum Gasteiger partial charge on any atom is 0.117 e. The summed E-state index contributed by atoms with van der Waals surface area (Å²) in [5.74, 6) is 1.15. The minimum Gasteiger partial charge on any atom is -0.508 e. The molecule has 0 radical (unpaired) electrons. The Morgan fingerprint density at radius 1 is 0.846 bits per heavy atom. The van der Waals surface area contributed by atoms with Crippen LogP contribution in [-0.2, 0) is 6.54 Å². The lowest BCUT2D eigenvalue weighted by Crippen LogP contribution is -2.48. The molecule has 2 fully saturated rings. The van der Waals surface area contributed by atoms with Crippen molar-refractivity contribution in [2.75, 3.05) is 50.7 Å². The molecule has 0 saturated carbocycles. The van der Waals surface area contributed by atoms with Crippen molar-refractivity contribution in [2.24, 2.45) is 5.92 Å². The van der Waals surface area contributed by atoms with E-state index in [1.54, 1.807) is 6.07 Å². The Labute approximate surface area is 156 Å². The van der Waals surface area contributed by atoms with Gasteiger partial charge in [-0.1, -0.05) is 36.4 Å². The van der Waals surface area contributed by atoms with Crippen LogP contribution in [0.3, 0.4) is 0 Å². The van der Waals surface area contributed by atoms with Gasteiger partial charge < -0.3 is 10.0 Å². The largest absolute Gasteiger partial charge is 0.508 e. The van der Waals surface area contributed by atoms with Crippen molar-refractivity contribution in [3.63, 3.8) is 0 Å². The van der Waals surface area contributed by atoms with Gasteiger partial charge in [-0.05, 0) is 36.6 Å². The van der Waals surface area contributed by atoms with E-state index in [1.165, 1.54) is 31.6 Å². The Hall–Kier alpha value is -2.04. The van der Waals surface area contributed by atoms with Crippen LogP contribution in [0.2, 0.25) is 0 Å². The summed E-state index contributed by atoms with van der Waals surface area (Å²) >= 11 is 0. The number of aromatic hydroxyl groups is 1. The topological polar surface area (TPSA) is 30.0 Å². The first-order valence-electron chi connectivity index (χ1n) is 9.79. The quantitative estimate of drug-likeness (QED) is 0.897. The van der Waals surface area contributed by atoms with Crippen LogP contribution in [0.15, 0.2) is 54.6 Å². The smallest absolute Gasteiger partial charge is 0.117 e. The van der Waals surface area contributed by atoms with Gasteiger partial charge >= 0.3 is 0 Å². The summed E-state index contributed by atoms with van der Waals surface area (Å²) in [6.45, 7) is 9.08. The summed E-state index contributed by atoms with van der Waals surface area (Å²) in [5, 5.41) is 9.67. The number of rotatable bonds is 5. The number of hydrogen-bond donors (Lipinski definition) is 1. The van der Waals surface area contributed by atoms with Crippen molar-refractivity contribution in [1.82, 2.24) is 9.80 Å². The molecule has 2 aromatic rings. The Kier molecular flexibility index (Phi) is 5.42. The second kappa shape index (κ2) is 8.11. The highest BCUT2D eigenvalue weighted by molar-refractivity contribution is 5.50. The number of nitrogens with zero attached hydrogens (tertiary/aromatic N) is 3. The first-order chi connectivity index (χ1) is 12.8. The molecule has 2 aromatic carbocycles. The molecule has 2 aliphatic rings. The van der Waals surface area contributed by atoms with Gasteiger partial charge in [-0.3, -0.25) is 9.80 Å². The van der Waals surface area contributed by atoms with Crippen LogP contribution in [0, 0.1) is 5.92 Å². The van der Waals surface area contributed by atoms with E-state index in [1.807, 2.05) is 12.1 Å². The number of benzene rings is 2. The second-order valence-corrected chi connectivity index (χ2v) is 7.68.